The van der Waals surface area contributed by atoms with Gasteiger partial charge in [0.25, 0.3) is 11.5 Å². The molecule has 0 unspecified atom stereocenters. The minimum absolute atomic E-state index is 0.0482. The Morgan fingerprint density at radius 1 is 1.09 bits per heavy atom. The van der Waals surface area contributed by atoms with E-state index < -0.39 is 0 Å². The molecule has 1 aliphatic heterocycles. The molecule has 2 aromatic heterocycles. The molecule has 10 heteroatoms. The van der Waals surface area contributed by atoms with Crippen LogP contribution in [0.5, 0.6) is 5.75 Å². The molecule has 0 radical (unpaired) electrons. The number of ether oxygens (including phenoxy) is 1. The first-order chi connectivity index (χ1) is 17.0. The van der Waals surface area contributed by atoms with Gasteiger partial charge in [0, 0.05) is 44.4 Å². The summed E-state index contributed by atoms with van der Waals surface area (Å²) in [6, 6.07) is 16.7. The van der Waals surface area contributed by atoms with E-state index in [2.05, 4.69) is 15.0 Å². The minimum Gasteiger partial charge on any atom is -0.482 e. The third kappa shape index (κ3) is 5.37. The number of hydrogen-bond donors (Lipinski definition) is 0. The van der Waals surface area contributed by atoms with E-state index in [0.717, 1.165) is 10.6 Å². The summed E-state index contributed by atoms with van der Waals surface area (Å²) in [6.45, 7) is 5.08. The highest BCUT2D eigenvalue weighted by Gasteiger charge is 2.22. The second-order valence-electron chi connectivity index (χ2n) is 8.43. The smallest absolute Gasteiger partial charge is 0.275 e. The Balaban J connectivity index is 1.19. The number of nitrogens with zero attached hydrogens (tertiary/aromatic N) is 5. The van der Waals surface area contributed by atoms with Gasteiger partial charge >= 0.3 is 0 Å². The molecule has 2 aromatic carbocycles. The lowest BCUT2D eigenvalue weighted by molar-refractivity contribution is -0.135. The van der Waals surface area contributed by atoms with Crippen LogP contribution >= 0.6 is 22.9 Å². The van der Waals surface area contributed by atoms with Gasteiger partial charge in [0.1, 0.15) is 10.8 Å². The molecular weight excluding hydrogens is 486 g/mol. The number of carbonyl (C=O) groups excluding carboxylic acids is 1. The summed E-state index contributed by atoms with van der Waals surface area (Å²) in [7, 11) is 0. The van der Waals surface area contributed by atoms with Crippen molar-refractivity contribution in [2.45, 2.75) is 13.5 Å². The van der Waals surface area contributed by atoms with Crippen molar-refractivity contribution in [3.8, 4) is 16.3 Å². The van der Waals surface area contributed by atoms with Crippen molar-refractivity contribution >= 4 is 33.8 Å². The van der Waals surface area contributed by atoms with Crippen LogP contribution in [0.15, 0.2) is 59.4 Å². The lowest BCUT2D eigenvalue weighted by atomic mass is 10.2. The van der Waals surface area contributed by atoms with E-state index in [4.69, 9.17) is 16.3 Å². The Kier molecular flexibility index (Phi) is 6.81. The molecule has 0 saturated carbocycles. The zero-order chi connectivity index (χ0) is 24.4. The van der Waals surface area contributed by atoms with Gasteiger partial charge in [0.15, 0.2) is 6.61 Å². The molecule has 1 saturated heterocycles. The summed E-state index contributed by atoms with van der Waals surface area (Å²) in [5.41, 5.74) is 2.65. The highest BCUT2D eigenvalue weighted by molar-refractivity contribution is 7.19. The van der Waals surface area contributed by atoms with Crippen LogP contribution in [0.2, 0.25) is 5.02 Å². The third-order valence-electron chi connectivity index (χ3n) is 5.89. The number of piperazine rings is 1. The van der Waals surface area contributed by atoms with Crippen LogP contribution in [0.1, 0.15) is 11.3 Å². The van der Waals surface area contributed by atoms with Gasteiger partial charge in [0.2, 0.25) is 4.96 Å². The molecule has 0 aliphatic carbocycles. The molecule has 3 heterocycles. The fourth-order valence-electron chi connectivity index (χ4n) is 3.93. The number of rotatable bonds is 6. The Morgan fingerprint density at radius 3 is 2.57 bits per heavy atom. The van der Waals surface area contributed by atoms with Gasteiger partial charge in [-0.15, -0.1) is 0 Å². The fraction of sp³-hybridized carbons (Fsp3) is 0.280. The van der Waals surface area contributed by atoms with Crippen LogP contribution in [0.4, 0.5) is 0 Å². The zero-order valence-electron chi connectivity index (χ0n) is 19.2. The van der Waals surface area contributed by atoms with Gasteiger partial charge in [-0.2, -0.15) is 9.61 Å². The Morgan fingerprint density at radius 2 is 1.83 bits per heavy atom. The minimum atomic E-state index is -0.190. The van der Waals surface area contributed by atoms with E-state index >= 15 is 0 Å². The van der Waals surface area contributed by atoms with Crippen molar-refractivity contribution in [2.24, 2.45) is 0 Å². The van der Waals surface area contributed by atoms with Crippen molar-refractivity contribution in [1.29, 1.82) is 0 Å². The molecule has 1 amide bonds. The number of hydrogen-bond acceptors (Lipinski definition) is 7. The second kappa shape index (κ2) is 10.2. The predicted molar refractivity (Wildman–Crippen MR) is 136 cm³/mol. The first kappa shape index (κ1) is 23.5. The van der Waals surface area contributed by atoms with Gasteiger partial charge in [0.05, 0.1) is 10.7 Å². The molecular formula is C25H24ClN5O3S. The van der Waals surface area contributed by atoms with Gasteiger partial charge in [-0.25, -0.2) is 4.98 Å². The van der Waals surface area contributed by atoms with Crippen LogP contribution in [0, 0.1) is 6.92 Å². The lowest BCUT2D eigenvalue weighted by Gasteiger charge is -2.34. The number of carbonyl (C=O) groups is 1. The van der Waals surface area contributed by atoms with Crippen LogP contribution in [-0.2, 0) is 11.3 Å². The van der Waals surface area contributed by atoms with Crippen LogP contribution in [0.3, 0.4) is 0 Å². The first-order valence-electron chi connectivity index (χ1n) is 11.3. The van der Waals surface area contributed by atoms with Crippen molar-refractivity contribution in [3.05, 3.63) is 81.2 Å². The lowest BCUT2D eigenvalue weighted by Crippen LogP contribution is -2.49. The SMILES string of the molecule is Cc1ccc(-c2nn3c(=O)cc(CN4CCN(C(=O)COc5ccccc5Cl)CC4)nc3s2)cc1. The number of halogens is 1. The topological polar surface area (TPSA) is 80.0 Å². The summed E-state index contributed by atoms with van der Waals surface area (Å²) >= 11 is 7.49. The number of para-hydroxylation sites is 1. The highest BCUT2D eigenvalue weighted by Crippen LogP contribution is 2.25. The van der Waals surface area contributed by atoms with Crippen molar-refractivity contribution < 1.29 is 9.53 Å². The number of benzene rings is 2. The largest absolute Gasteiger partial charge is 0.482 e. The number of aryl methyl sites for hydroxylation is 1. The molecule has 180 valence electrons. The summed E-state index contributed by atoms with van der Waals surface area (Å²) in [5.74, 6) is 0.429. The normalized spacial score (nSPS) is 14.4. The maximum Gasteiger partial charge on any atom is 0.275 e. The highest BCUT2D eigenvalue weighted by atomic mass is 35.5. The predicted octanol–water partition coefficient (Wildman–Crippen LogP) is 3.50. The summed E-state index contributed by atoms with van der Waals surface area (Å²) in [5, 5.41) is 5.70. The Bertz CT molecular complexity index is 1410. The molecule has 0 bridgehead atoms. The van der Waals surface area contributed by atoms with E-state index in [1.165, 1.54) is 21.4 Å². The second-order valence-corrected chi connectivity index (χ2v) is 9.79. The molecule has 5 rings (SSSR count). The molecule has 0 spiro atoms. The average Bonchev–Trinajstić information content (AvgIpc) is 3.29. The van der Waals surface area contributed by atoms with Gasteiger partial charge < -0.3 is 9.64 Å². The van der Waals surface area contributed by atoms with Crippen LogP contribution < -0.4 is 10.3 Å². The molecule has 8 nitrogen and oxygen atoms in total. The third-order valence-corrected chi connectivity index (χ3v) is 7.16. The quantitative estimate of drug-likeness (QED) is 0.396. The summed E-state index contributed by atoms with van der Waals surface area (Å²) in [4.78, 5) is 34.5. The monoisotopic (exact) mass is 509 g/mol. The number of fused-ring (bicyclic) bond motifs is 1. The van der Waals surface area contributed by atoms with E-state index in [0.29, 0.717) is 54.2 Å². The molecule has 1 fully saturated rings. The summed E-state index contributed by atoms with van der Waals surface area (Å²) < 4.78 is 6.94. The molecule has 4 aromatic rings. The number of aromatic nitrogens is 3. The fourth-order valence-corrected chi connectivity index (χ4v) is 5.05. The van der Waals surface area contributed by atoms with Crippen LogP contribution in [0.25, 0.3) is 15.5 Å². The zero-order valence-corrected chi connectivity index (χ0v) is 20.8. The molecule has 35 heavy (non-hydrogen) atoms. The van der Waals surface area contributed by atoms with E-state index in [1.807, 2.05) is 43.3 Å². The molecule has 1 aliphatic rings. The van der Waals surface area contributed by atoms with Crippen molar-refractivity contribution in [2.75, 3.05) is 32.8 Å². The van der Waals surface area contributed by atoms with E-state index in [9.17, 15) is 9.59 Å². The Labute approximate surface area is 211 Å². The standard InChI is InChI=1S/C25H24ClN5O3S/c1-17-6-8-18(9-7-17)24-28-31-22(32)14-19(27-25(31)35-24)15-29-10-12-30(13-11-29)23(33)16-34-21-5-3-2-4-20(21)26/h2-9,14H,10-13,15-16H2,1H3. The number of amides is 1. The van der Waals surface area contributed by atoms with Gasteiger partial charge in [-0.3, -0.25) is 14.5 Å². The van der Waals surface area contributed by atoms with Gasteiger partial charge in [-0.1, -0.05) is 64.9 Å². The molecule has 0 atom stereocenters. The maximum absolute atomic E-state index is 12.7. The van der Waals surface area contributed by atoms with Gasteiger partial charge in [-0.05, 0) is 19.1 Å². The molecule has 0 N–H and O–H groups in total. The van der Waals surface area contributed by atoms with E-state index in [-0.39, 0.29) is 18.1 Å². The first-order valence-corrected chi connectivity index (χ1v) is 12.5. The van der Waals surface area contributed by atoms with E-state index in [1.54, 1.807) is 23.1 Å². The Hall–Kier alpha value is -3.27. The maximum atomic E-state index is 12.7. The van der Waals surface area contributed by atoms with Crippen molar-refractivity contribution in [1.82, 2.24) is 24.4 Å². The van der Waals surface area contributed by atoms with Crippen molar-refractivity contribution in [3.63, 3.8) is 0 Å². The average molecular weight is 510 g/mol. The summed E-state index contributed by atoms with van der Waals surface area (Å²) in [6.07, 6.45) is 0. The van der Waals surface area contributed by atoms with Crippen LogP contribution in [-0.4, -0.2) is 63.1 Å².